The summed E-state index contributed by atoms with van der Waals surface area (Å²) >= 11 is 3.32. The summed E-state index contributed by atoms with van der Waals surface area (Å²) in [4.78, 5) is 33.9. The monoisotopic (exact) mass is 385 g/mol. The maximum Gasteiger partial charge on any atom is 0.320 e. The number of nitro groups is 1. The van der Waals surface area contributed by atoms with Gasteiger partial charge in [0.05, 0.1) is 20.1 Å². The van der Waals surface area contributed by atoms with Crippen LogP contribution in [-0.2, 0) is 19.1 Å². The summed E-state index contributed by atoms with van der Waals surface area (Å²) in [7, 11) is 2.22. The average molecular weight is 386 g/mol. The highest BCUT2D eigenvalue weighted by Gasteiger charge is 2.38. The molecule has 1 atom stereocenters. The molecule has 1 aromatic rings. The first-order valence-electron chi connectivity index (χ1n) is 6.60. The summed E-state index contributed by atoms with van der Waals surface area (Å²) in [5.74, 6) is -4.12. The van der Waals surface area contributed by atoms with Crippen LogP contribution < -0.4 is 0 Å². The van der Waals surface area contributed by atoms with E-state index in [2.05, 4.69) is 25.4 Å². The van der Waals surface area contributed by atoms with Crippen molar-refractivity contribution in [3.05, 3.63) is 50.5 Å². The van der Waals surface area contributed by atoms with Gasteiger partial charge in [-0.15, -0.1) is 0 Å². The van der Waals surface area contributed by atoms with Crippen LogP contribution in [0.4, 0.5) is 0 Å². The number of carbonyl (C=O) groups is 2. The molecule has 0 saturated carbocycles. The van der Waals surface area contributed by atoms with E-state index in [0.717, 1.165) is 24.3 Å². The zero-order valence-corrected chi connectivity index (χ0v) is 14.2. The summed E-state index contributed by atoms with van der Waals surface area (Å²) in [6.07, 6.45) is 3.06. The standard InChI is InChI=1S/C15H16BrNO6/c1-22-14(18)13(15(19)23-2)11(9-17(20)21)7-6-10-4-3-5-12(16)8-10/h3-8,11,13H,9H2,1-2H3/b7-6+/t11-/m1/s1. The Balaban J connectivity index is 3.12. The molecule has 0 fully saturated rings. The van der Waals surface area contributed by atoms with E-state index in [1.807, 2.05) is 6.07 Å². The van der Waals surface area contributed by atoms with Gasteiger partial charge in [-0.1, -0.05) is 40.2 Å². The van der Waals surface area contributed by atoms with Crippen LogP contribution in [0, 0.1) is 22.0 Å². The van der Waals surface area contributed by atoms with E-state index in [0.29, 0.717) is 0 Å². The summed E-state index contributed by atoms with van der Waals surface area (Å²) in [6.45, 7) is -0.598. The highest BCUT2D eigenvalue weighted by atomic mass is 79.9. The molecule has 0 radical (unpaired) electrons. The number of carbonyl (C=O) groups excluding carboxylic acids is 2. The summed E-state index contributed by atoms with van der Waals surface area (Å²) < 4.78 is 9.97. The van der Waals surface area contributed by atoms with Gasteiger partial charge in [-0.25, -0.2) is 0 Å². The first kappa shape index (κ1) is 18.8. The third kappa shape index (κ3) is 5.82. The van der Waals surface area contributed by atoms with Gasteiger partial charge in [-0.05, 0) is 17.7 Å². The number of ether oxygens (including phenoxy) is 2. The van der Waals surface area contributed by atoms with E-state index in [9.17, 15) is 19.7 Å². The molecule has 0 aliphatic heterocycles. The Morgan fingerprint density at radius 1 is 1.30 bits per heavy atom. The molecular formula is C15H16BrNO6. The quantitative estimate of drug-likeness (QED) is 0.309. The summed E-state index contributed by atoms with van der Waals surface area (Å²) in [5.41, 5.74) is 0.765. The SMILES string of the molecule is COC(=O)C(C(=O)OC)[C@H](/C=C/c1cccc(Br)c1)C[N+](=O)[O-]. The van der Waals surface area contributed by atoms with Crippen LogP contribution in [0.1, 0.15) is 5.56 Å². The summed E-state index contributed by atoms with van der Waals surface area (Å²) in [6, 6.07) is 7.21. The van der Waals surface area contributed by atoms with Crippen LogP contribution in [0.2, 0.25) is 0 Å². The van der Waals surface area contributed by atoms with Crippen LogP contribution in [0.5, 0.6) is 0 Å². The van der Waals surface area contributed by atoms with Crippen molar-refractivity contribution in [1.29, 1.82) is 0 Å². The van der Waals surface area contributed by atoms with Crippen molar-refractivity contribution in [2.45, 2.75) is 0 Å². The number of benzene rings is 1. The maximum absolute atomic E-state index is 11.8. The van der Waals surface area contributed by atoms with Gasteiger partial charge < -0.3 is 9.47 Å². The molecule has 0 aromatic heterocycles. The van der Waals surface area contributed by atoms with Crippen LogP contribution in [0.3, 0.4) is 0 Å². The zero-order chi connectivity index (χ0) is 17.4. The fraction of sp³-hybridized carbons (Fsp3) is 0.333. The van der Waals surface area contributed by atoms with Gasteiger partial charge in [0.1, 0.15) is 0 Å². The number of rotatable bonds is 7. The van der Waals surface area contributed by atoms with Crippen LogP contribution >= 0.6 is 15.9 Å². The number of hydrogen-bond acceptors (Lipinski definition) is 6. The van der Waals surface area contributed by atoms with E-state index in [1.54, 1.807) is 24.3 Å². The molecule has 0 bridgehead atoms. The molecule has 0 heterocycles. The fourth-order valence-electron chi connectivity index (χ4n) is 1.99. The van der Waals surface area contributed by atoms with Crippen molar-refractivity contribution in [3.63, 3.8) is 0 Å². The largest absolute Gasteiger partial charge is 0.468 e. The summed E-state index contributed by atoms with van der Waals surface area (Å²) in [5, 5.41) is 10.9. The molecule has 0 aliphatic rings. The van der Waals surface area contributed by atoms with Gasteiger partial charge in [0, 0.05) is 9.40 Å². The van der Waals surface area contributed by atoms with Crippen LogP contribution in [-0.4, -0.2) is 37.6 Å². The van der Waals surface area contributed by atoms with Crippen molar-refractivity contribution in [3.8, 4) is 0 Å². The van der Waals surface area contributed by atoms with Gasteiger partial charge in [0.25, 0.3) is 0 Å². The molecule has 0 N–H and O–H groups in total. The Labute approximate surface area is 141 Å². The predicted octanol–water partition coefficient (Wildman–Crippen LogP) is 2.32. The third-order valence-electron chi connectivity index (χ3n) is 3.08. The maximum atomic E-state index is 11.8. The predicted molar refractivity (Wildman–Crippen MR) is 86.0 cm³/mol. The topological polar surface area (TPSA) is 95.7 Å². The van der Waals surface area contributed by atoms with Gasteiger partial charge in [0.2, 0.25) is 6.54 Å². The Kier molecular flexibility index (Phi) is 7.40. The fourth-order valence-corrected chi connectivity index (χ4v) is 2.41. The lowest BCUT2D eigenvalue weighted by Gasteiger charge is -2.17. The van der Waals surface area contributed by atoms with E-state index in [4.69, 9.17) is 0 Å². The van der Waals surface area contributed by atoms with E-state index >= 15 is 0 Å². The molecule has 1 rings (SSSR count). The average Bonchev–Trinajstić information content (AvgIpc) is 2.51. The molecule has 8 heteroatoms. The van der Waals surface area contributed by atoms with Gasteiger partial charge >= 0.3 is 11.9 Å². The van der Waals surface area contributed by atoms with Gasteiger partial charge in [-0.2, -0.15) is 0 Å². The van der Waals surface area contributed by atoms with E-state index in [-0.39, 0.29) is 0 Å². The number of halogens is 1. The van der Waals surface area contributed by atoms with E-state index in [1.165, 1.54) is 6.08 Å². The van der Waals surface area contributed by atoms with Crippen LogP contribution in [0.15, 0.2) is 34.8 Å². The van der Waals surface area contributed by atoms with Crippen molar-refractivity contribution in [2.24, 2.45) is 11.8 Å². The number of esters is 2. The molecular weight excluding hydrogens is 370 g/mol. The first-order valence-corrected chi connectivity index (χ1v) is 7.39. The van der Waals surface area contributed by atoms with Crippen molar-refractivity contribution in [2.75, 3.05) is 20.8 Å². The normalized spacial score (nSPS) is 12.2. The number of hydrogen-bond donors (Lipinski definition) is 0. The number of nitrogens with zero attached hydrogens (tertiary/aromatic N) is 1. The number of methoxy groups -OCH3 is 2. The highest BCUT2D eigenvalue weighted by Crippen LogP contribution is 2.20. The van der Waals surface area contributed by atoms with Crippen LogP contribution in [0.25, 0.3) is 6.08 Å². The minimum atomic E-state index is -1.39. The molecule has 0 saturated heterocycles. The Bertz CT molecular complexity index is 600. The lowest BCUT2D eigenvalue weighted by atomic mass is 9.91. The molecule has 23 heavy (non-hydrogen) atoms. The second-order valence-corrected chi connectivity index (χ2v) is 5.53. The zero-order valence-electron chi connectivity index (χ0n) is 12.6. The Morgan fingerprint density at radius 3 is 2.39 bits per heavy atom. The minimum absolute atomic E-state index is 0.588. The van der Waals surface area contributed by atoms with Gasteiger partial charge in [-0.3, -0.25) is 19.7 Å². The Morgan fingerprint density at radius 2 is 1.91 bits per heavy atom. The smallest absolute Gasteiger partial charge is 0.320 e. The molecule has 1 aromatic carbocycles. The Hall–Kier alpha value is -2.22. The molecule has 0 aliphatic carbocycles. The van der Waals surface area contributed by atoms with Crippen molar-refractivity contribution >= 4 is 33.9 Å². The molecule has 124 valence electrons. The lowest BCUT2D eigenvalue weighted by Crippen LogP contribution is -2.35. The van der Waals surface area contributed by atoms with E-state index < -0.39 is 35.2 Å². The second-order valence-electron chi connectivity index (χ2n) is 4.62. The molecule has 0 unspecified atom stereocenters. The minimum Gasteiger partial charge on any atom is -0.468 e. The highest BCUT2D eigenvalue weighted by molar-refractivity contribution is 9.10. The lowest BCUT2D eigenvalue weighted by molar-refractivity contribution is -0.486. The first-order chi connectivity index (χ1) is 10.9. The van der Waals surface area contributed by atoms with Crippen molar-refractivity contribution in [1.82, 2.24) is 0 Å². The second kappa shape index (κ2) is 9.04. The molecule has 0 amide bonds. The van der Waals surface area contributed by atoms with Gasteiger partial charge in [0.15, 0.2) is 5.92 Å². The molecule has 0 spiro atoms. The molecule has 7 nitrogen and oxygen atoms in total. The third-order valence-corrected chi connectivity index (χ3v) is 3.58. The van der Waals surface area contributed by atoms with Crippen molar-refractivity contribution < 1.29 is 24.0 Å².